The maximum Gasteiger partial charge on any atom is 0.387 e. The normalized spacial score (nSPS) is 15.8. The molecule has 1 fully saturated rings. The van der Waals surface area contributed by atoms with Crippen molar-refractivity contribution in [2.45, 2.75) is 44.8 Å². The summed E-state index contributed by atoms with van der Waals surface area (Å²) in [5, 5.41) is 2.97. The average Bonchev–Trinajstić information content (AvgIpc) is 2.54. The molecule has 0 aromatic heterocycles. The summed E-state index contributed by atoms with van der Waals surface area (Å²) in [6.45, 7) is -2.91. The number of benzene rings is 1. The molecule has 1 aromatic rings. The lowest BCUT2D eigenvalue weighted by Gasteiger charge is -2.21. The van der Waals surface area contributed by atoms with E-state index in [0.717, 1.165) is 25.7 Å². The number of nitrogens with one attached hydrogen (secondary N) is 1. The van der Waals surface area contributed by atoms with Crippen molar-refractivity contribution in [3.05, 3.63) is 29.8 Å². The van der Waals surface area contributed by atoms with Crippen molar-refractivity contribution < 1.29 is 23.0 Å². The first kappa shape index (κ1) is 17.2. The highest BCUT2D eigenvalue weighted by molar-refractivity contribution is 5.92. The van der Waals surface area contributed by atoms with Crippen LogP contribution in [-0.2, 0) is 4.79 Å². The Hall–Kier alpha value is -2.11. The van der Waals surface area contributed by atoms with Gasteiger partial charge in [0.15, 0.2) is 11.5 Å². The minimum atomic E-state index is -2.91. The zero-order valence-corrected chi connectivity index (χ0v) is 13.1. The van der Waals surface area contributed by atoms with E-state index < -0.39 is 6.61 Å². The molecule has 23 heavy (non-hydrogen) atoms. The van der Waals surface area contributed by atoms with Crippen LogP contribution in [0.25, 0.3) is 6.08 Å². The zero-order chi connectivity index (χ0) is 16.7. The van der Waals surface area contributed by atoms with E-state index in [1.807, 2.05) is 0 Å². The molecule has 0 saturated heterocycles. The van der Waals surface area contributed by atoms with Crippen molar-refractivity contribution in [2.75, 3.05) is 7.11 Å². The van der Waals surface area contributed by atoms with E-state index in [1.54, 1.807) is 18.2 Å². The van der Waals surface area contributed by atoms with Gasteiger partial charge in [0.1, 0.15) is 0 Å². The highest BCUT2D eigenvalue weighted by Gasteiger charge is 2.14. The van der Waals surface area contributed by atoms with Gasteiger partial charge in [-0.1, -0.05) is 25.3 Å². The van der Waals surface area contributed by atoms with Crippen LogP contribution in [0.15, 0.2) is 24.3 Å². The zero-order valence-electron chi connectivity index (χ0n) is 13.1. The number of carbonyl (C=O) groups excluding carboxylic acids is 1. The molecule has 1 saturated carbocycles. The van der Waals surface area contributed by atoms with Crippen molar-refractivity contribution in [2.24, 2.45) is 0 Å². The van der Waals surface area contributed by atoms with E-state index in [9.17, 15) is 13.6 Å². The van der Waals surface area contributed by atoms with E-state index in [1.165, 1.54) is 25.7 Å². The van der Waals surface area contributed by atoms with E-state index >= 15 is 0 Å². The molecule has 1 aromatic carbocycles. The summed E-state index contributed by atoms with van der Waals surface area (Å²) in [4.78, 5) is 11.9. The molecule has 0 bridgehead atoms. The second kappa shape index (κ2) is 8.50. The number of amides is 1. The van der Waals surface area contributed by atoms with Gasteiger partial charge in [-0.3, -0.25) is 4.79 Å². The van der Waals surface area contributed by atoms with Gasteiger partial charge in [0.05, 0.1) is 7.11 Å². The second-order valence-electron chi connectivity index (χ2n) is 5.47. The van der Waals surface area contributed by atoms with Gasteiger partial charge in [0.2, 0.25) is 5.91 Å². The third-order valence-electron chi connectivity index (χ3n) is 3.78. The molecule has 4 nitrogen and oxygen atoms in total. The number of carbonyl (C=O) groups is 1. The summed E-state index contributed by atoms with van der Waals surface area (Å²) in [6, 6.07) is 4.77. The smallest absolute Gasteiger partial charge is 0.387 e. The predicted molar refractivity (Wildman–Crippen MR) is 83.7 cm³/mol. The topological polar surface area (TPSA) is 47.6 Å². The lowest BCUT2D eigenvalue weighted by atomic mass is 9.95. The minimum absolute atomic E-state index is 0.0358. The molecule has 0 aliphatic heterocycles. The molecule has 2 rings (SSSR count). The molecule has 0 radical (unpaired) electrons. The molecule has 1 aliphatic rings. The van der Waals surface area contributed by atoms with Crippen LogP contribution in [0.3, 0.4) is 0 Å². The molecule has 0 unspecified atom stereocenters. The van der Waals surface area contributed by atoms with Gasteiger partial charge < -0.3 is 14.8 Å². The fourth-order valence-corrected chi connectivity index (χ4v) is 2.65. The fraction of sp³-hybridized carbons (Fsp3) is 0.471. The highest BCUT2D eigenvalue weighted by atomic mass is 19.3. The van der Waals surface area contributed by atoms with E-state index in [-0.39, 0.29) is 23.4 Å². The van der Waals surface area contributed by atoms with Crippen LogP contribution in [0.4, 0.5) is 8.78 Å². The van der Waals surface area contributed by atoms with E-state index in [0.29, 0.717) is 5.56 Å². The minimum Gasteiger partial charge on any atom is -0.493 e. The van der Waals surface area contributed by atoms with Crippen molar-refractivity contribution >= 4 is 12.0 Å². The Bertz CT molecular complexity index is 555. The van der Waals surface area contributed by atoms with Gasteiger partial charge >= 0.3 is 6.61 Å². The van der Waals surface area contributed by atoms with Crippen LogP contribution < -0.4 is 14.8 Å². The summed E-state index contributed by atoms with van der Waals surface area (Å²) >= 11 is 0. The molecule has 0 spiro atoms. The maximum absolute atomic E-state index is 12.3. The first-order valence-corrected chi connectivity index (χ1v) is 7.70. The Morgan fingerprint density at radius 1 is 1.26 bits per heavy atom. The molecule has 0 atom stereocenters. The van der Waals surface area contributed by atoms with E-state index in [4.69, 9.17) is 4.74 Å². The molecule has 1 amide bonds. The summed E-state index contributed by atoms with van der Waals surface area (Å²) in [5.41, 5.74) is 0.669. The molecule has 1 N–H and O–H groups in total. The van der Waals surface area contributed by atoms with Gasteiger partial charge in [0, 0.05) is 12.1 Å². The summed E-state index contributed by atoms with van der Waals surface area (Å²) in [7, 11) is 1.37. The third kappa shape index (κ3) is 5.54. The van der Waals surface area contributed by atoms with Crippen LogP contribution in [-0.4, -0.2) is 25.7 Å². The van der Waals surface area contributed by atoms with Crippen molar-refractivity contribution in [1.82, 2.24) is 5.32 Å². The first-order valence-electron chi connectivity index (χ1n) is 7.70. The number of hydrogen-bond acceptors (Lipinski definition) is 3. The van der Waals surface area contributed by atoms with Crippen LogP contribution in [0.1, 0.15) is 37.7 Å². The van der Waals surface area contributed by atoms with Crippen molar-refractivity contribution in [3.63, 3.8) is 0 Å². The van der Waals surface area contributed by atoms with Crippen molar-refractivity contribution in [1.29, 1.82) is 0 Å². The Kier molecular flexibility index (Phi) is 6.38. The fourth-order valence-electron chi connectivity index (χ4n) is 2.65. The van der Waals surface area contributed by atoms with Gasteiger partial charge in [0.25, 0.3) is 0 Å². The lowest BCUT2D eigenvalue weighted by Crippen LogP contribution is -2.34. The molecular formula is C17H21F2NO3. The first-order chi connectivity index (χ1) is 11.1. The SMILES string of the molecule is COc1cc(C=CC(=O)NC2CCCCC2)ccc1OC(F)F. The standard InChI is InChI=1S/C17H21F2NO3/c1-22-15-11-12(7-9-14(15)23-17(18)19)8-10-16(21)20-13-5-3-2-4-6-13/h7-11,13,17H,2-6H2,1H3,(H,20,21). The Balaban J connectivity index is 1.96. The van der Waals surface area contributed by atoms with Crippen LogP contribution in [0.5, 0.6) is 11.5 Å². The Morgan fingerprint density at radius 3 is 2.65 bits per heavy atom. The Morgan fingerprint density at radius 2 is 2.00 bits per heavy atom. The van der Waals surface area contributed by atoms with Gasteiger partial charge in [-0.05, 0) is 36.6 Å². The van der Waals surface area contributed by atoms with Crippen LogP contribution in [0.2, 0.25) is 0 Å². The number of hydrogen-bond donors (Lipinski definition) is 1. The number of methoxy groups -OCH3 is 1. The average molecular weight is 325 g/mol. The Labute approximate surface area is 134 Å². The molecule has 0 heterocycles. The third-order valence-corrected chi connectivity index (χ3v) is 3.78. The summed E-state index contributed by atoms with van der Waals surface area (Å²) in [5.74, 6) is 0.00946. The van der Waals surface area contributed by atoms with Gasteiger partial charge in [-0.2, -0.15) is 8.78 Å². The maximum atomic E-state index is 12.3. The van der Waals surface area contributed by atoms with Gasteiger partial charge in [-0.15, -0.1) is 0 Å². The van der Waals surface area contributed by atoms with E-state index in [2.05, 4.69) is 10.1 Å². The number of rotatable bonds is 6. The monoisotopic (exact) mass is 325 g/mol. The summed E-state index contributed by atoms with van der Waals surface area (Å²) in [6.07, 6.45) is 8.63. The van der Waals surface area contributed by atoms with Crippen LogP contribution in [0, 0.1) is 0 Å². The molecule has 6 heteroatoms. The number of ether oxygens (including phenoxy) is 2. The highest BCUT2D eigenvalue weighted by Crippen LogP contribution is 2.29. The van der Waals surface area contributed by atoms with Gasteiger partial charge in [-0.25, -0.2) is 0 Å². The second-order valence-corrected chi connectivity index (χ2v) is 5.47. The number of alkyl halides is 2. The predicted octanol–water partition coefficient (Wildman–Crippen LogP) is 3.76. The molecule has 126 valence electrons. The molecule has 1 aliphatic carbocycles. The van der Waals surface area contributed by atoms with Crippen LogP contribution >= 0.6 is 0 Å². The lowest BCUT2D eigenvalue weighted by molar-refractivity contribution is -0.117. The number of halogens is 2. The largest absolute Gasteiger partial charge is 0.493 e. The quantitative estimate of drug-likeness (QED) is 0.810. The van der Waals surface area contributed by atoms with Crippen molar-refractivity contribution in [3.8, 4) is 11.5 Å². The molecular weight excluding hydrogens is 304 g/mol. The summed E-state index contributed by atoms with van der Waals surface area (Å²) < 4.78 is 33.9.